The van der Waals surface area contributed by atoms with Crippen molar-refractivity contribution in [1.82, 2.24) is 10.6 Å². The zero-order valence-corrected chi connectivity index (χ0v) is 16.2. The van der Waals surface area contributed by atoms with Gasteiger partial charge in [-0.2, -0.15) is 0 Å². The predicted octanol–water partition coefficient (Wildman–Crippen LogP) is 2.41. The molecular weight excluding hydrogens is 334 g/mol. The van der Waals surface area contributed by atoms with Crippen molar-refractivity contribution in [2.45, 2.75) is 33.3 Å². The molecule has 1 heterocycles. The van der Waals surface area contributed by atoms with Gasteiger partial charge in [-0.3, -0.25) is 4.99 Å². The second-order valence-electron chi connectivity index (χ2n) is 6.32. The number of hydrogen-bond acceptors (Lipinski definition) is 5. The summed E-state index contributed by atoms with van der Waals surface area (Å²) in [5, 5.41) is 6.56. The van der Waals surface area contributed by atoms with Crippen LogP contribution in [0.3, 0.4) is 0 Å². The smallest absolute Gasteiger partial charge is 0.231 e. The van der Waals surface area contributed by atoms with Gasteiger partial charge in [0.25, 0.3) is 0 Å². The van der Waals surface area contributed by atoms with E-state index < -0.39 is 0 Å². The lowest BCUT2D eigenvalue weighted by molar-refractivity contribution is 0.0258. The molecule has 7 heteroatoms. The molecule has 0 aromatic heterocycles. The first-order valence-corrected chi connectivity index (χ1v) is 9.22. The third-order valence-electron chi connectivity index (χ3n) is 4.08. The first-order chi connectivity index (χ1) is 12.6. The molecule has 0 bridgehead atoms. The number of aliphatic imine (C=N–C) groups is 1. The lowest BCUT2D eigenvalue weighted by Crippen LogP contribution is -2.40. The molecule has 26 heavy (non-hydrogen) atoms. The van der Waals surface area contributed by atoms with Crippen LogP contribution in [0.5, 0.6) is 17.2 Å². The van der Waals surface area contributed by atoms with Gasteiger partial charge in [0.2, 0.25) is 6.79 Å². The fourth-order valence-electron chi connectivity index (χ4n) is 2.68. The molecule has 0 saturated carbocycles. The molecule has 1 aliphatic rings. The number of rotatable bonds is 10. The summed E-state index contributed by atoms with van der Waals surface area (Å²) in [6.45, 7) is 9.38. The van der Waals surface area contributed by atoms with Gasteiger partial charge < -0.3 is 29.6 Å². The summed E-state index contributed by atoms with van der Waals surface area (Å²) in [7, 11) is 1.76. The molecule has 1 atom stereocenters. The molecule has 1 aromatic carbocycles. The van der Waals surface area contributed by atoms with Gasteiger partial charge in [-0.15, -0.1) is 0 Å². The Morgan fingerprint density at radius 2 is 1.96 bits per heavy atom. The highest BCUT2D eigenvalue weighted by Gasteiger charge is 2.14. The van der Waals surface area contributed by atoms with Gasteiger partial charge in [0.1, 0.15) is 12.4 Å². The third kappa shape index (κ3) is 6.29. The van der Waals surface area contributed by atoms with Gasteiger partial charge in [0.15, 0.2) is 17.5 Å². The molecule has 1 aliphatic heterocycles. The first-order valence-electron chi connectivity index (χ1n) is 9.22. The van der Waals surface area contributed by atoms with Crippen LogP contribution >= 0.6 is 0 Å². The standard InChI is InChI=1S/C19H31N3O4/c1-5-23-16(14(2)3)8-9-21-19(20-4)22-10-11-24-15-6-7-17-18(12-15)26-13-25-17/h6-7,12,14,16H,5,8-11,13H2,1-4H3,(H2,20,21,22). The van der Waals surface area contributed by atoms with E-state index in [9.17, 15) is 0 Å². The van der Waals surface area contributed by atoms with Gasteiger partial charge in [-0.25, -0.2) is 0 Å². The van der Waals surface area contributed by atoms with E-state index in [0.717, 1.165) is 42.8 Å². The molecule has 0 amide bonds. The van der Waals surface area contributed by atoms with E-state index in [1.54, 1.807) is 7.05 Å². The van der Waals surface area contributed by atoms with Gasteiger partial charge in [-0.05, 0) is 31.4 Å². The molecule has 0 spiro atoms. The van der Waals surface area contributed by atoms with Crippen LogP contribution in [-0.2, 0) is 4.74 Å². The van der Waals surface area contributed by atoms with Crippen molar-refractivity contribution in [3.8, 4) is 17.2 Å². The summed E-state index contributed by atoms with van der Waals surface area (Å²) in [5.41, 5.74) is 0. The molecule has 1 unspecified atom stereocenters. The number of guanidine groups is 1. The first kappa shape index (κ1) is 20.2. The molecule has 2 rings (SSSR count). The molecular formula is C19H31N3O4. The number of ether oxygens (including phenoxy) is 4. The molecule has 0 fully saturated rings. The Morgan fingerprint density at radius 1 is 1.19 bits per heavy atom. The second-order valence-corrected chi connectivity index (χ2v) is 6.32. The van der Waals surface area contributed by atoms with Gasteiger partial charge in [0.05, 0.1) is 12.6 Å². The van der Waals surface area contributed by atoms with Crippen LogP contribution in [-0.4, -0.2) is 52.2 Å². The Morgan fingerprint density at radius 3 is 2.69 bits per heavy atom. The van der Waals surface area contributed by atoms with E-state index in [0.29, 0.717) is 19.1 Å². The fraction of sp³-hybridized carbons (Fsp3) is 0.632. The number of hydrogen-bond donors (Lipinski definition) is 2. The summed E-state index contributed by atoms with van der Waals surface area (Å²) in [4.78, 5) is 4.23. The normalized spacial score (nSPS) is 14.4. The highest BCUT2D eigenvalue weighted by atomic mass is 16.7. The Labute approximate surface area is 156 Å². The van der Waals surface area contributed by atoms with Crippen molar-refractivity contribution >= 4 is 5.96 Å². The molecule has 7 nitrogen and oxygen atoms in total. The quantitative estimate of drug-likeness (QED) is 0.377. The Bertz CT molecular complexity index is 578. The van der Waals surface area contributed by atoms with E-state index >= 15 is 0 Å². The lowest BCUT2D eigenvalue weighted by Gasteiger charge is -2.21. The minimum atomic E-state index is 0.264. The van der Waals surface area contributed by atoms with Crippen LogP contribution < -0.4 is 24.8 Å². The van der Waals surface area contributed by atoms with E-state index in [4.69, 9.17) is 18.9 Å². The monoisotopic (exact) mass is 365 g/mol. The van der Waals surface area contributed by atoms with Crippen LogP contribution in [0, 0.1) is 5.92 Å². The van der Waals surface area contributed by atoms with E-state index in [1.807, 2.05) is 25.1 Å². The zero-order valence-electron chi connectivity index (χ0n) is 16.2. The molecule has 0 saturated heterocycles. The maximum Gasteiger partial charge on any atom is 0.231 e. The number of nitrogens with zero attached hydrogens (tertiary/aromatic N) is 1. The van der Waals surface area contributed by atoms with Crippen molar-refractivity contribution in [1.29, 1.82) is 0 Å². The van der Waals surface area contributed by atoms with Crippen molar-refractivity contribution < 1.29 is 18.9 Å². The van der Waals surface area contributed by atoms with Crippen molar-refractivity contribution in [2.24, 2.45) is 10.9 Å². The summed E-state index contributed by atoms with van der Waals surface area (Å²) in [6, 6.07) is 5.57. The minimum absolute atomic E-state index is 0.264. The Hall–Kier alpha value is -2.15. The fourth-order valence-corrected chi connectivity index (χ4v) is 2.68. The Kier molecular flexibility index (Phi) is 8.34. The topological polar surface area (TPSA) is 73.3 Å². The highest BCUT2D eigenvalue weighted by Crippen LogP contribution is 2.34. The largest absolute Gasteiger partial charge is 0.492 e. The molecule has 1 aromatic rings. The average Bonchev–Trinajstić information content (AvgIpc) is 3.10. The summed E-state index contributed by atoms with van der Waals surface area (Å²) in [6.07, 6.45) is 1.21. The van der Waals surface area contributed by atoms with Crippen LogP contribution in [0.2, 0.25) is 0 Å². The van der Waals surface area contributed by atoms with E-state index in [2.05, 4.69) is 29.5 Å². The lowest BCUT2D eigenvalue weighted by atomic mass is 10.0. The zero-order chi connectivity index (χ0) is 18.8. The van der Waals surface area contributed by atoms with E-state index in [1.165, 1.54) is 0 Å². The highest BCUT2D eigenvalue weighted by molar-refractivity contribution is 5.79. The van der Waals surface area contributed by atoms with Crippen molar-refractivity contribution in [3.05, 3.63) is 18.2 Å². The SMILES string of the molecule is CCOC(CCNC(=NC)NCCOc1ccc2c(c1)OCO2)C(C)C. The maximum absolute atomic E-state index is 5.76. The average molecular weight is 365 g/mol. The van der Waals surface area contributed by atoms with E-state index in [-0.39, 0.29) is 12.9 Å². The van der Waals surface area contributed by atoms with Gasteiger partial charge >= 0.3 is 0 Å². The molecule has 0 radical (unpaired) electrons. The summed E-state index contributed by atoms with van der Waals surface area (Å²) in [5.74, 6) is 3.50. The van der Waals surface area contributed by atoms with Crippen molar-refractivity contribution in [2.75, 3.05) is 40.1 Å². The summed E-state index contributed by atoms with van der Waals surface area (Å²) < 4.78 is 22.1. The van der Waals surface area contributed by atoms with Crippen LogP contribution in [0.1, 0.15) is 27.2 Å². The number of benzene rings is 1. The second kappa shape index (κ2) is 10.8. The number of nitrogens with one attached hydrogen (secondary N) is 2. The van der Waals surface area contributed by atoms with Crippen molar-refractivity contribution in [3.63, 3.8) is 0 Å². The summed E-state index contributed by atoms with van der Waals surface area (Å²) >= 11 is 0. The van der Waals surface area contributed by atoms with Gasteiger partial charge in [0, 0.05) is 26.3 Å². The maximum atomic E-state index is 5.76. The number of fused-ring (bicyclic) bond motifs is 1. The van der Waals surface area contributed by atoms with Gasteiger partial charge in [-0.1, -0.05) is 13.8 Å². The van der Waals surface area contributed by atoms with Crippen LogP contribution in [0.15, 0.2) is 23.2 Å². The van der Waals surface area contributed by atoms with Crippen LogP contribution in [0.4, 0.5) is 0 Å². The van der Waals surface area contributed by atoms with Crippen LogP contribution in [0.25, 0.3) is 0 Å². The molecule has 2 N–H and O–H groups in total. The predicted molar refractivity (Wildman–Crippen MR) is 102 cm³/mol. The molecule has 146 valence electrons. The third-order valence-corrected chi connectivity index (χ3v) is 4.08. The Balaban J connectivity index is 1.64. The molecule has 0 aliphatic carbocycles. The minimum Gasteiger partial charge on any atom is -0.492 e.